The largest absolute Gasteiger partial charge is 0.489 e. The van der Waals surface area contributed by atoms with Gasteiger partial charge in [-0.3, -0.25) is 14.8 Å². The van der Waals surface area contributed by atoms with Gasteiger partial charge in [0.1, 0.15) is 17.9 Å². The summed E-state index contributed by atoms with van der Waals surface area (Å²) in [6.07, 6.45) is 3.43. The summed E-state index contributed by atoms with van der Waals surface area (Å²) >= 11 is 0. The number of rotatable bonds is 10. The van der Waals surface area contributed by atoms with Gasteiger partial charge in [0.15, 0.2) is 0 Å². The van der Waals surface area contributed by atoms with E-state index in [4.69, 9.17) is 4.74 Å². The average molecular weight is 557 g/mol. The maximum absolute atomic E-state index is 13.2. The van der Waals surface area contributed by atoms with Gasteiger partial charge < -0.3 is 14.5 Å². The van der Waals surface area contributed by atoms with Gasteiger partial charge in [-0.15, -0.1) is 0 Å². The summed E-state index contributed by atoms with van der Waals surface area (Å²) in [5.41, 5.74) is 3.13. The first-order valence-corrected chi connectivity index (χ1v) is 14.6. The molecule has 2 aliphatic rings. The Bertz CT molecular complexity index is 1350. The van der Waals surface area contributed by atoms with E-state index < -0.39 is 21.5 Å². The lowest BCUT2D eigenvalue weighted by molar-refractivity contribution is -0.153. The molecule has 0 aliphatic carbocycles. The SMILES string of the molecule is CCC(CC)C(=O)N1CC(NS(=O)(=O)c2ccc(OCC3=CC(C)N(C)c4ccccc43)cc2)(C(=O)NO)C1. The monoisotopic (exact) mass is 556 g/mol. The minimum Gasteiger partial charge on any atom is -0.489 e. The fourth-order valence-corrected chi connectivity index (χ4v) is 6.45. The van der Waals surface area contributed by atoms with E-state index in [0.29, 0.717) is 25.2 Å². The summed E-state index contributed by atoms with van der Waals surface area (Å²) < 4.78 is 34.7. The molecule has 1 unspecified atom stereocenters. The highest BCUT2D eigenvalue weighted by atomic mass is 32.2. The van der Waals surface area contributed by atoms with E-state index in [1.54, 1.807) is 12.1 Å². The number of carbonyl (C=O) groups is 2. The van der Waals surface area contributed by atoms with Crippen molar-refractivity contribution in [2.75, 3.05) is 31.6 Å². The van der Waals surface area contributed by atoms with Crippen molar-refractivity contribution in [3.05, 3.63) is 60.2 Å². The summed E-state index contributed by atoms with van der Waals surface area (Å²) in [6, 6.07) is 14.2. The highest BCUT2D eigenvalue weighted by molar-refractivity contribution is 7.89. The molecule has 210 valence electrons. The highest BCUT2D eigenvalue weighted by Gasteiger charge is 2.54. The molecule has 3 N–H and O–H groups in total. The van der Waals surface area contributed by atoms with Gasteiger partial charge in [0.25, 0.3) is 5.91 Å². The molecule has 0 radical (unpaired) electrons. The van der Waals surface area contributed by atoms with E-state index in [9.17, 15) is 23.2 Å². The number of nitrogens with one attached hydrogen (secondary N) is 2. The van der Waals surface area contributed by atoms with Crippen LogP contribution >= 0.6 is 0 Å². The van der Waals surface area contributed by atoms with Gasteiger partial charge in [-0.25, -0.2) is 13.9 Å². The van der Waals surface area contributed by atoms with Crippen LogP contribution in [0.15, 0.2) is 59.5 Å². The number of fused-ring (bicyclic) bond motifs is 1. The average Bonchev–Trinajstić information content (AvgIpc) is 2.92. The zero-order chi connectivity index (χ0) is 28.4. The summed E-state index contributed by atoms with van der Waals surface area (Å²) in [6.45, 7) is 5.90. The Morgan fingerprint density at radius 3 is 2.36 bits per heavy atom. The predicted molar refractivity (Wildman–Crippen MR) is 148 cm³/mol. The molecule has 1 fully saturated rings. The number of nitrogens with zero attached hydrogens (tertiary/aromatic N) is 2. The number of hydroxylamine groups is 1. The molecule has 0 bridgehead atoms. The van der Waals surface area contributed by atoms with Crippen molar-refractivity contribution in [1.82, 2.24) is 15.1 Å². The van der Waals surface area contributed by atoms with Gasteiger partial charge in [-0.1, -0.05) is 38.1 Å². The van der Waals surface area contributed by atoms with Crippen molar-refractivity contribution >= 4 is 33.1 Å². The third kappa shape index (κ3) is 5.66. The van der Waals surface area contributed by atoms with E-state index in [0.717, 1.165) is 16.8 Å². The number of hydrogen-bond acceptors (Lipinski definition) is 7. The van der Waals surface area contributed by atoms with Crippen LogP contribution in [0.5, 0.6) is 5.75 Å². The molecule has 1 atom stereocenters. The smallest absolute Gasteiger partial charge is 0.268 e. The van der Waals surface area contributed by atoms with Gasteiger partial charge in [0.2, 0.25) is 15.9 Å². The molecule has 2 amide bonds. The van der Waals surface area contributed by atoms with Crippen LogP contribution in [0.1, 0.15) is 39.2 Å². The molecule has 0 aromatic heterocycles. The van der Waals surface area contributed by atoms with Crippen molar-refractivity contribution in [2.45, 2.75) is 50.1 Å². The van der Waals surface area contributed by atoms with E-state index in [-0.39, 0.29) is 35.9 Å². The fourth-order valence-electron chi connectivity index (χ4n) is 5.10. The summed E-state index contributed by atoms with van der Waals surface area (Å²) in [7, 11) is -2.11. The van der Waals surface area contributed by atoms with Crippen LogP contribution in [-0.2, 0) is 19.6 Å². The molecule has 11 heteroatoms. The van der Waals surface area contributed by atoms with Gasteiger partial charge in [-0.2, -0.15) is 4.72 Å². The number of ether oxygens (including phenoxy) is 1. The van der Waals surface area contributed by atoms with Crippen molar-refractivity contribution < 1.29 is 28.0 Å². The first kappa shape index (κ1) is 28.6. The molecule has 2 aromatic carbocycles. The Hall–Kier alpha value is -3.41. The normalized spacial score (nSPS) is 18.2. The first-order chi connectivity index (χ1) is 18.5. The maximum atomic E-state index is 13.2. The standard InChI is InChI=1S/C28H36N4O6S/c1-5-20(6-2)26(33)32-17-28(18-32,27(34)29-35)30-39(36,37)23-13-11-22(12-14-23)38-16-21-15-19(3)31(4)25-10-8-7-9-24(21)25/h7-15,19-20,30,35H,5-6,16-18H2,1-4H3,(H,29,34). The van der Waals surface area contributed by atoms with Crippen molar-refractivity contribution in [3.63, 3.8) is 0 Å². The van der Waals surface area contributed by atoms with E-state index in [1.807, 2.05) is 39.1 Å². The second kappa shape index (κ2) is 11.4. The molecule has 0 spiro atoms. The summed E-state index contributed by atoms with van der Waals surface area (Å²) in [4.78, 5) is 28.7. The number of para-hydroxylation sites is 1. The maximum Gasteiger partial charge on any atom is 0.268 e. The Morgan fingerprint density at radius 1 is 1.10 bits per heavy atom. The third-order valence-electron chi connectivity index (χ3n) is 7.65. The summed E-state index contributed by atoms with van der Waals surface area (Å²) in [5.74, 6) is -0.766. The van der Waals surface area contributed by atoms with E-state index >= 15 is 0 Å². The number of sulfonamides is 1. The molecule has 2 heterocycles. The molecule has 10 nitrogen and oxygen atoms in total. The quantitative estimate of drug-likeness (QED) is 0.303. The van der Waals surface area contributed by atoms with Crippen molar-refractivity contribution in [3.8, 4) is 5.75 Å². The number of amides is 2. The minimum atomic E-state index is -4.15. The Morgan fingerprint density at radius 2 is 1.74 bits per heavy atom. The van der Waals surface area contributed by atoms with Gasteiger partial charge in [-0.05, 0) is 55.7 Å². The molecule has 2 aromatic rings. The van der Waals surface area contributed by atoms with Crippen LogP contribution < -0.4 is 19.8 Å². The number of likely N-dealkylation sites (N-methyl/N-ethyl adjacent to an activating group) is 1. The van der Waals surface area contributed by atoms with Crippen LogP contribution in [0.3, 0.4) is 0 Å². The topological polar surface area (TPSA) is 128 Å². The zero-order valence-electron chi connectivity index (χ0n) is 22.7. The minimum absolute atomic E-state index is 0.0674. The number of hydrogen-bond donors (Lipinski definition) is 3. The van der Waals surface area contributed by atoms with Crippen molar-refractivity contribution in [2.24, 2.45) is 5.92 Å². The number of likely N-dealkylation sites (tertiary alicyclic amines) is 1. The molecule has 1 saturated heterocycles. The van der Waals surface area contributed by atoms with Crippen LogP contribution in [0, 0.1) is 5.92 Å². The number of carbonyl (C=O) groups excluding carboxylic acids is 2. The lowest BCUT2D eigenvalue weighted by Crippen LogP contribution is -2.77. The van der Waals surface area contributed by atoms with Crippen molar-refractivity contribution in [1.29, 1.82) is 0 Å². The van der Waals surface area contributed by atoms with Gasteiger partial charge >= 0.3 is 0 Å². The Balaban J connectivity index is 1.44. The lowest BCUT2D eigenvalue weighted by atomic mass is 9.88. The lowest BCUT2D eigenvalue weighted by Gasteiger charge is -2.48. The third-order valence-corrected chi connectivity index (χ3v) is 9.20. The highest BCUT2D eigenvalue weighted by Crippen LogP contribution is 2.33. The Kier molecular flexibility index (Phi) is 8.34. The van der Waals surface area contributed by atoms with Crippen LogP contribution in [0.25, 0.3) is 5.57 Å². The predicted octanol–water partition coefficient (Wildman–Crippen LogP) is 2.79. The number of benzene rings is 2. The molecule has 0 saturated carbocycles. The molecular weight excluding hydrogens is 520 g/mol. The second-order valence-corrected chi connectivity index (χ2v) is 11.8. The van der Waals surface area contributed by atoms with E-state index in [2.05, 4.69) is 28.7 Å². The number of anilines is 1. The molecule has 39 heavy (non-hydrogen) atoms. The van der Waals surface area contributed by atoms with Crippen LogP contribution in [-0.4, -0.2) is 68.7 Å². The van der Waals surface area contributed by atoms with Crippen LogP contribution in [0.4, 0.5) is 5.69 Å². The second-order valence-electron chi connectivity index (χ2n) is 10.2. The molecular formula is C28H36N4O6S. The molecule has 2 aliphatic heterocycles. The van der Waals surface area contributed by atoms with Gasteiger partial charge in [0, 0.05) is 30.3 Å². The van der Waals surface area contributed by atoms with Crippen LogP contribution in [0.2, 0.25) is 0 Å². The zero-order valence-corrected chi connectivity index (χ0v) is 23.5. The molecule has 4 rings (SSSR count). The summed E-state index contributed by atoms with van der Waals surface area (Å²) in [5, 5.41) is 9.26. The van der Waals surface area contributed by atoms with Gasteiger partial charge in [0.05, 0.1) is 18.0 Å². The fraction of sp³-hybridized carbons (Fsp3) is 0.429. The van der Waals surface area contributed by atoms with E-state index in [1.165, 1.54) is 22.5 Å². The Labute approximate surface area is 229 Å². The first-order valence-electron chi connectivity index (χ1n) is 13.1.